The van der Waals surface area contributed by atoms with E-state index in [0.717, 1.165) is 23.5 Å². The van der Waals surface area contributed by atoms with Crippen LogP contribution in [-0.2, 0) is 6.54 Å². The van der Waals surface area contributed by atoms with Crippen LogP contribution in [0.1, 0.15) is 57.7 Å². The molecule has 4 heteroatoms. The van der Waals surface area contributed by atoms with Gasteiger partial charge >= 0.3 is 0 Å². The monoisotopic (exact) mass is 313 g/mol. The molecule has 3 nitrogen and oxygen atoms in total. The molecule has 1 aliphatic carbocycles. The van der Waals surface area contributed by atoms with Gasteiger partial charge in [-0.2, -0.15) is 5.10 Å². The zero-order valence-corrected chi connectivity index (χ0v) is 13.0. The molecule has 1 saturated carbocycles. The standard InChI is InChI=1S/C14H24BrN3/c1-3-8-16-13(9-11-6-5-7-11)14-12(15)10-17-18(14)4-2/h10-11,13,16H,3-9H2,1-2H3. The average molecular weight is 314 g/mol. The van der Waals surface area contributed by atoms with Gasteiger partial charge in [0, 0.05) is 6.54 Å². The summed E-state index contributed by atoms with van der Waals surface area (Å²) in [7, 11) is 0. The molecule has 0 amide bonds. The zero-order valence-electron chi connectivity index (χ0n) is 11.5. The van der Waals surface area contributed by atoms with Crippen LogP contribution in [0.25, 0.3) is 0 Å². The Kier molecular flexibility index (Phi) is 5.25. The van der Waals surface area contributed by atoms with Crippen LogP contribution in [0.2, 0.25) is 0 Å². The number of aryl methyl sites for hydroxylation is 1. The number of nitrogens with zero attached hydrogens (tertiary/aromatic N) is 2. The molecule has 0 radical (unpaired) electrons. The second-order valence-corrected chi connectivity index (χ2v) is 6.09. The van der Waals surface area contributed by atoms with Gasteiger partial charge in [0.1, 0.15) is 0 Å². The Hall–Kier alpha value is -0.350. The predicted octanol–water partition coefficient (Wildman–Crippen LogP) is 3.90. The molecule has 0 bridgehead atoms. The van der Waals surface area contributed by atoms with E-state index in [0.29, 0.717) is 6.04 Å². The fourth-order valence-corrected chi connectivity index (χ4v) is 3.21. The van der Waals surface area contributed by atoms with E-state index in [1.54, 1.807) is 0 Å². The van der Waals surface area contributed by atoms with Crippen molar-refractivity contribution in [2.45, 2.75) is 58.5 Å². The minimum Gasteiger partial charge on any atom is -0.309 e. The van der Waals surface area contributed by atoms with Crippen molar-refractivity contribution in [1.29, 1.82) is 0 Å². The summed E-state index contributed by atoms with van der Waals surface area (Å²) < 4.78 is 3.27. The van der Waals surface area contributed by atoms with Gasteiger partial charge in [0.15, 0.2) is 0 Å². The van der Waals surface area contributed by atoms with Crippen LogP contribution in [0.15, 0.2) is 10.7 Å². The molecule has 0 aromatic carbocycles. The third kappa shape index (κ3) is 3.15. The lowest BCUT2D eigenvalue weighted by Gasteiger charge is -2.30. The molecule has 0 aliphatic heterocycles. The van der Waals surface area contributed by atoms with Crippen molar-refractivity contribution in [3.05, 3.63) is 16.4 Å². The lowest BCUT2D eigenvalue weighted by molar-refractivity contribution is 0.255. The van der Waals surface area contributed by atoms with Gasteiger partial charge in [0.2, 0.25) is 0 Å². The van der Waals surface area contributed by atoms with Gasteiger partial charge in [0.25, 0.3) is 0 Å². The van der Waals surface area contributed by atoms with Crippen LogP contribution in [-0.4, -0.2) is 16.3 Å². The second kappa shape index (κ2) is 6.71. The lowest BCUT2D eigenvalue weighted by Crippen LogP contribution is -2.29. The van der Waals surface area contributed by atoms with E-state index in [4.69, 9.17) is 0 Å². The highest BCUT2D eigenvalue weighted by atomic mass is 79.9. The molecule has 1 atom stereocenters. The Morgan fingerprint density at radius 1 is 1.50 bits per heavy atom. The van der Waals surface area contributed by atoms with Gasteiger partial charge in [-0.05, 0) is 48.2 Å². The van der Waals surface area contributed by atoms with Gasteiger partial charge in [0.05, 0.1) is 22.4 Å². The SMILES string of the molecule is CCCNC(CC1CCC1)c1c(Br)cnn1CC. The summed E-state index contributed by atoms with van der Waals surface area (Å²) >= 11 is 3.66. The first kappa shape index (κ1) is 14.1. The van der Waals surface area contributed by atoms with E-state index in [9.17, 15) is 0 Å². The third-order valence-corrected chi connectivity index (χ3v) is 4.51. The quantitative estimate of drug-likeness (QED) is 0.827. The maximum atomic E-state index is 4.44. The molecule has 1 aromatic heterocycles. The van der Waals surface area contributed by atoms with Crippen LogP contribution in [0.3, 0.4) is 0 Å². The van der Waals surface area contributed by atoms with Crippen LogP contribution in [0, 0.1) is 5.92 Å². The maximum absolute atomic E-state index is 4.44. The average Bonchev–Trinajstić information content (AvgIpc) is 2.69. The molecular weight excluding hydrogens is 290 g/mol. The molecule has 2 rings (SSSR count). The number of rotatable bonds is 7. The summed E-state index contributed by atoms with van der Waals surface area (Å²) in [6, 6.07) is 0.451. The predicted molar refractivity (Wildman–Crippen MR) is 78.6 cm³/mol. The van der Waals surface area contributed by atoms with E-state index >= 15 is 0 Å². The first-order valence-corrected chi connectivity index (χ1v) is 8.00. The van der Waals surface area contributed by atoms with Crippen molar-refractivity contribution in [1.82, 2.24) is 15.1 Å². The normalized spacial score (nSPS) is 17.7. The topological polar surface area (TPSA) is 29.9 Å². The summed E-state index contributed by atoms with van der Waals surface area (Å²) in [5, 5.41) is 8.14. The van der Waals surface area contributed by atoms with E-state index in [1.807, 2.05) is 6.20 Å². The minimum absolute atomic E-state index is 0.451. The summed E-state index contributed by atoms with van der Waals surface area (Å²) in [5.41, 5.74) is 1.33. The van der Waals surface area contributed by atoms with Crippen molar-refractivity contribution in [2.24, 2.45) is 5.92 Å². The highest BCUT2D eigenvalue weighted by molar-refractivity contribution is 9.10. The van der Waals surface area contributed by atoms with Gasteiger partial charge in [-0.25, -0.2) is 0 Å². The Morgan fingerprint density at radius 2 is 2.28 bits per heavy atom. The first-order valence-electron chi connectivity index (χ1n) is 7.20. The molecule has 1 fully saturated rings. The highest BCUT2D eigenvalue weighted by Gasteiger charge is 2.26. The van der Waals surface area contributed by atoms with E-state index in [1.165, 1.54) is 37.8 Å². The molecule has 102 valence electrons. The molecule has 1 aliphatic rings. The summed E-state index contributed by atoms with van der Waals surface area (Å²) in [6.45, 7) is 6.40. The van der Waals surface area contributed by atoms with E-state index in [2.05, 4.69) is 44.9 Å². The van der Waals surface area contributed by atoms with Crippen molar-refractivity contribution in [3.8, 4) is 0 Å². The van der Waals surface area contributed by atoms with E-state index < -0.39 is 0 Å². The van der Waals surface area contributed by atoms with Gasteiger partial charge in [-0.1, -0.05) is 26.2 Å². The Balaban J connectivity index is 2.11. The van der Waals surface area contributed by atoms with Crippen LogP contribution < -0.4 is 5.32 Å². The Morgan fingerprint density at radius 3 is 2.83 bits per heavy atom. The largest absolute Gasteiger partial charge is 0.309 e. The fourth-order valence-electron chi connectivity index (χ4n) is 2.64. The van der Waals surface area contributed by atoms with Crippen molar-refractivity contribution >= 4 is 15.9 Å². The molecular formula is C14H24BrN3. The summed E-state index contributed by atoms with van der Waals surface area (Å²) in [5.74, 6) is 0.909. The Bertz CT molecular complexity index is 371. The fraction of sp³-hybridized carbons (Fsp3) is 0.786. The number of aromatic nitrogens is 2. The zero-order chi connectivity index (χ0) is 13.0. The van der Waals surface area contributed by atoms with Crippen molar-refractivity contribution in [3.63, 3.8) is 0 Å². The Labute approximate surface area is 118 Å². The molecule has 18 heavy (non-hydrogen) atoms. The molecule has 1 aromatic rings. The second-order valence-electron chi connectivity index (χ2n) is 5.23. The van der Waals surface area contributed by atoms with Crippen LogP contribution >= 0.6 is 15.9 Å². The molecule has 0 spiro atoms. The first-order chi connectivity index (χ1) is 8.76. The molecule has 0 saturated heterocycles. The van der Waals surface area contributed by atoms with E-state index in [-0.39, 0.29) is 0 Å². The number of hydrogen-bond acceptors (Lipinski definition) is 2. The lowest BCUT2D eigenvalue weighted by atomic mass is 9.80. The minimum atomic E-state index is 0.451. The smallest absolute Gasteiger partial charge is 0.0695 e. The van der Waals surface area contributed by atoms with Crippen molar-refractivity contribution < 1.29 is 0 Å². The molecule has 1 heterocycles. The van der Waals surface area contributed by atoms with Crippen molar-refractivity contribution in [2.75, 3.05) is 6.54 Å². The summed E-state index contributed by atoms with van der Waals surface area (Å²) in [4.78, 5) is 0. The summed E-state index contributed by atoms with van der Waals surface area (Å²) in [6.07, 6.45) is 8.59. The third-order valence-electron chi connectivity index (χ3n) is 3.90. The van der Waals surface area contributed by atoms with Gasteiger partial charge in [-0.15, -0.1) is 0 Å². The maximum Gasteiger partial charge on any atom is 0.0695 e. The van der Waals surface area contributed by atoms with Crippen LogP contribution in [0.5, 0.6) is 0 Å². The number of nitrogens with one attached hydrogen (secondary N) is 1. The number of hydrogen-bond donors (Lipinski definition) is 1. The molecule has 1 N–H and O–H groups in total. The van der Waals surface area contributed by atoms with Gasteiger partial charge in [-0.3, -0.25) is 4.68 Å². The molecule has 1 unspecified atom stereocenters. The number of halogens is 1. The van der Waals surface area contributed by atoms with Gasteiger partial charge < -0.3 is 5.32 Å². The van der Waals surface area contributed by atoms with Crippen LogP contribution in [0.4, 0.5) is 0 Å². The highest BCUT2D eigenvalue weighted by Crippen LogP contribution is 2.36.